The van der Waals surface area contributed by atoms with Gasteiger partial charge in [0, 0.05) is 30.8 Å². The highest BCUT2D eigenvalue weighted by molar-refractivity contribution is 5.85. The number of hydrogen-bond donors (Lipinski definition) is 9. The lowest BCUT2D eigenvalue weighted by Gasteiger charge is -2.65. The van der Waals surface area contributed by atoms with Crippen LogP contribution in [0, 0.1) is 34.5 Å². The predicted octanol–water partition coefficient (Wildman–Crippen LogP) is 0.0423. The minimum absolute atomic E-state index is 0.0188. The Morgan fingerprint density at radius 1 is 0.652 bits per heavy atom. The van der Waals surface area contributed by atoms with Gasteiger partial charge in [-0.05, 0) is 107 Å². The lowest BCUT2D eigenvalue weighted by Crippen LogP contribution is -2.67. The van der Waals surface area contributed by atoms with Crippen LogP contribution >= 0.6 is 0 Å². The van der Waals surface area contributed by atoms with E-state index in [4.69, 9.17) is 42.6 Å². The van der Waals surface area contributed by atoms with Gasteiger partial charge in [-0.25, -0.2) is 4.79 Å². The number of ether oxygens (including phenoxy) is 9. The van der Waals surface area contributed by atoms with E-state index in [-0.39, 0.29) is 61.1 Å². The third kappa shape index (κ3) is 8.64. The second kappa shape index (κ2) is 18.9. The van der Waals surface area contributed by atoms with E-state index in [1.54, 1.807) is 19.9 Å². The van der Waals surface area contributed by atoms with Gasteiger partial charge in [-0.2, -0.15) is 0 Å². The molecule has 0 aromatic heterocycles. The molecule has 0 radical (unpaired) electrons. The van der Waals surface area contributed by atoms with Crippen molar-refractivity contribution < 1.29 is 93.4 Å². The largest absolute Gasteiger partial charge is 0.458 e. The van der Waals surface area contributed by atoms with E-state index in [0.717, 1.165) is 44.1 Å². The van der Waals surface area contributed by atoms with Crippen LogP contribution in [0.1, 0.15) is 105 Å². The number of aliphatic hydroxyl groups is 9. The Kier molecular flexibility index (Phi) is 14.2. The average molecular weight is 943 g/mol. The lowest BCUT2D eigenvalue weighted by molar-refractivity contribution is -0.355. The maximum absolute atomic E-state index is 12.6. The van der Waals surface area contributed by atoms with Crippen LogP contribution in [0.2, 0.25) is 0 Å². The maximum atomic E-state index is 12.6. The molecule has 66 heavy (non-hydrogen) atoms. The Balaban J connectivity index is 0.737. The van der Waals surface area contributed by atoms with E-state index in [9.17, 15) is 50.8 Å². The summed E-state index contributed by atoms with van der Waals surface area (Å²) < 4.78 is 53.9. The first-order valence-electron chi connectivity index (χ1n) is 24.5. The van der Waals surface area contributed by atoms with E-state index in [1.165, 1.54) is 0 Å². The highest BCUT2D eigenvalue weighted by Crippen LogP contribution is 2.70. The number of esters is 1. The normalized spacial score (nSPS) is 55.3. The van der Waals surface area contributed by atoms with Crippen molar-refractivity contribution in [2.75, 3.05) is 13.2 Å². The third-order valence-corrected chi connectivity index (χ3v) is 18.1. The summed E-state index contributed by atoms with van der Waals surface area (Å²) >= 11 is 0. The minimum atomic E-state index is -1.65. The van der Waals surface area contributed by atoms with Gasteiger partial charge < -0.3 is 88.6 Å². The molecule has 376 valence electrons. The zero-order valence-corrected chi connectivity index (χ0v) is 38.7. The highest BCUT2D eigenvalue weighted by atomic mass is 16.8. The van der Waals surface area contributed by atoms with Crippen LogP contribution in [-0.4, -0.2) is 187 Å². The zero-order chi connectivity index (χ0) is 47.2. The molecule has 0 unspecified atom stereocenters. The summed E-state index contributed by atoms with van der Waals surface area (Å²) in [7, 11) is 0. The first-order chi connectivity index (χ1) is 31.2. The van der Waals surface area contributed by atoms with Gasteiger partial charge in [0.1, 0.15) is 49.3 Å². The molecular weight excluding hydrogens is 868 g/mol. The molecule has 0 aromatic carbocycles. The molecule has 4 aliphatic carbocycles. The van der Waals surface area contributed by atoms with Crippen LogP contribution in [0.5, 0.6) is 0 Å². The summed E-state index contributed by atoms with van der Waals surface area (Å²) in [6.07, 6.45) is -10.8. The minimum Gasteiger partial charge on any atom is -0.458 e. The Hall–Kier alpha value is -1.47. The molecule has 9 aliphatic rings. The quantitative estimate of drug-likeness (QED) is 0.103. The summed E-state index contributed by atoms with van der Waals surface area (Å²) in [5.74, 6) is 0.0825. The number of carbonyl (C=O) groups is 1. The maximum Gasteiger partial charge on any atom is 0.331 e. The van der Waals surface area contributed by atoms with Gasteiger partial charge in [0.25, 0.3) is 0 Å². The monoisotopic (exact) mass is 942 g/mol. The fraction of sp³-hybridized carbons (Fsp3) is 0.936. The Bertz CT molecular complexity index is 1720. The highest BCUT2D eigenvalue weighted by Gasteiger charge is 2.71. The standard InChI is InChI=1S/C47H74O19/c1-20-41(64-36-16-30(50)42(21(2)60-36)65-37-17-31(51)43(22(3)61-37)66-44-40(56)39(55)38(54)32(18-48)63-44)29(49)15-35(59-20)62-25-8-10-45(4)24(13-25)6-7-27-28(45)14-33(52)46(5)26(9-11-47(27,46)57)23-12-34(53)58-19-23/h12,20-22,24-33,35-44,48-52,54-57H,6-11,13-19H2,1-5H3/t20-,21-,22-,24+,25+,26-,27-,28-,29-,30-,31-,32-,33-,35+,36+,37+,38-,39+,40-,41-,42-,43-,44+,45-,46-,47+/m0/s1. The van der Waals surface area contributed by atoms with Crippen LogP contribution in [0.15, 0.2) is 11.6 Å². The van der Waals surface area contributed by atoms with Gasteiger partial charge in [-0.15, -0.1) is 0 Å². The third-order valence-electron chi connectivity index (χ3n) is 18.1. The predicted molar refractivity (Wildman–Crippen MR) is 225 cm³/mol. The van der Waals surface area contributed by atoms with Crippen molar-refractivity contribution in [1.29, 1.82) is 0 Å². The smallest absolute Gasteiger partial charge is 0.331 e. The van der Waals surface area contributed by atoms with Gasteiger partial charge in [-0.3, -0.25) is 0 Å². The molecule has 5 heterocycles. The van der Waals surface area contributed by atoms with Crippen LogP contribution in [0.3, 0.4) is 0 Å². The average Bonchev–Trinajstić information content (AvgIpc) is 3.82. The van der Waals surface area contributed by atoms with Crippen molar-refractivity contribution in [2.45, 2.75) is 228 Å². The molecule has 26 atom stereocenters. The fourth-order valence-corrected chi connectivity index (χ4v) is 14.3. The molecular formula is C47H74O19. The number of fused-ring (bicyclic) bond motifs is 5. The second-order valence-corrected chi connectivity index (χ2v) is 21.6. The molecule has 5 aliphatic heterocycles. The van der Waals surface area contributed by atoms with Gasteiger partial charge in [0.2, 0.25) is 0 Å². The van der Waals surface area contributed by atoms with Gasteiger partial charge in [0.15, 0.2) is 25.2 Å². The van der Waals surface area contributed by atoms with Gasteiger partial charge >= 0.3 is 5.97 Å². The molecule has 0 aromatic rings. The SMILES string of the molecule is C[C@@H]1O[C@H](O[C@@H]2CC[C@@]3(C)[C@H](CC[C@H]4[C@@H]3C[C@H](O)[C@]3(C)[C@H](C5=CC(=O)OC5)CC[C@@]43O)C2)C[C@H](O)[C@H]1O[C@@H]1C[C@H](O)[C@@H](O[C@@H]2C[C@H](O)[C@@H](O[C@H]3O[C@@H](CO)[C@H](O)[C@@H](O)[C@@H]3O)[C@H](C)O2)[C@H](C)O1. The first-order valence-corrected chi connectivity index (χ1v) is 24.5. The number of hydrogen-bond acceptors (Lipinski definition) is 19. The molecule has 4 saturated carbocycles. The molecule has 19 heteroatoms. The van der Waals surface area contributed by atoms with Crippen molar-refractivity contribution in [2.24, 2.45) is 34.5 Å². The lowest BCUT2D eigenvalue weighted by atomic mass is 9.42. The van der Waals surface area contributed by atoms with E-state index in [1.807, 2.05) is 13.8 Å². The molecule has 19 nitrogen and oxygen atoms in total. The van der Waals surface area contributed by atoms with Gasteiger partial charge in [0.05, 0.1) is 61.0 Å². The number of carbonyl (C=O) groups excluding carboxylic acids is 1. The van der Waals surface area contributed by atoms with Crippen LogP contribution in [0.25, 0.3) is 0 Å². The van der Waals surface area contributed by atoms with Crippen molar-refractivity contribution in [1.82, 2.24) is 0 Å². The van der Waals surface area contributed by atoms with Crippen LogP contribution < -0.4 is 0 Å². The van der Waals surface area contributed by atoms with E-state index < -0.39 is 128 Å². The van der Waals surface area contributed by atoms with E-state index in [2.05, 4.69) is 6.92 Å². The van der Waals surface area contributed by atoms with Crippen molar-refractivity contribution in [3.8, 4) is 0 Å². The molecule has 9 N–H and O–H groups in total. The van der Waals surface area contributed by atoms with Crippen molar-refractivity contribution in [3.05, 3.63) is 11.6 Å². The Morgan fingerprint density at radius 2 is 1.23 bits per heavy atom. The van der Waals surface area contributed by atoms with E-state index >= 15 is 0 Å². The molecule has 0 amide bonds. The molecule has 0 spiro atoms. The summed E-state index contributed by atoms with van der Waals surface area (Å²) in [5.41, 5.74) is -0.989. The number of cyclic esters (lactones) is 1. The van der Waals surface area contributed by atoms with Crippen LogP contribution in [0.4, 0.5) is 0 Å². The van der Waals surface area contributed by atoms with Crippen LogP contribution in [-0.2, 0) is 47.4 Å². The summed E-state index contributed by atoms with van der Waals surface area (Å²) in [4.78, 5) is 12.0. The summed E-state index contributed by atoms with van der Waals surface area (Å²) in [6, 6.07) is 0. The summed E-state index contributed by atoms with van der Waals surface area (Å²) in [6.45, 7) is 9.11. The number of rotatable bonds is 10. The number of aliphatic hydroxyl groups excluding tert-OH is 8. The van der Waals surface area contributed by atoms with Crippen molar-refractivity contribution in [3.63, 3.8) is 0 Å². The molecule has 8 fully saturated rings. The molecule has 4 saturated heterocycles. The first kappa shape index (κ1) is 49.5. The Labute approximate surface area is 385 Å². The molecule has 9 rings (SSSR count). The van der Waals surface area contributed by atoms with E-state index in [0.29, 0.717) is 18.8 Å². The zero-order valence-electron chi connectivity index (χ0n) is 38.7. The second-order valence-electron chi connectivity index (χ2n) is 21.6. The Morgan fingerprint density at radius 3 is 1.77 bits per heavy atom. The fourth-order valence-electron chi connectivity index (χ4n) is 14.3. The topological polar surface area (TPSA) is 282 Å². The van der Waals surface area contributed by atoms with Gasteiger partial charge in [-0.1, -0.05) is 13.8 Å². The summed E-state index contributed by atoms with van der Waals surface area (Å²) in [5, 5.41) is 98.4. The van der Waals surface area contributed by atoms with Crippen molar-refractivity contribution >= 4 is 5.97 Å². The molecule has 0 bridgehead atoms.